The number of carboxylic acids is 1. The number of esters is 2. The van der Waals surface area contributed by atoms with Crippen molar-refractivity contribution in [3.8, 4) is 0 Å². The second-order valence-electron chi connectivity index (χ2n) is 18.1. The van der Waals surface area contributed by atoms with E-state index in [1.165, 1.54) is 96.3 Å². The molecule has 0 aliphatic carbocycles. The maximum absolute atomic E-state index is 12.7. The van der Waals surface area contributed by atoms with Gasteiger partial charge in [-0.15, -0.1) is 0 Å². The van der Waals surface area contributed by atoms with E-state index in [1.54, 1.807) is 0 Å². The summed E-state index contributed by atoms with van der Waals surface area (Å²) in [6.45, 7) is 4.66. The summed E-state index contributed by atoms with van der Waals surface area (Å²) in [7, 11) is 5.95. The molecule has 0 bridgehead atoms. The van der Waals surface area contributed by atoms with Gasteiger partial charge in [0, 0.05) is 12.8 Å². The lowest BCUT2D eigenvalue weighted by Crippen LogP contribution is -2.40. The smallest absolute Gasteiger partial charge is 0.361 e. The van der Waals surface area contributed by atoms with E-state index >= 15 is 0 Å². The van der Waals surface area contributed by atoms with E-state index in [0.717, 1.165) is 83.5 Å². The standard InChI is InChI=1S/C54H95NO8/c1-6-8-10-12-13-14-15-16-17-18-19-20-21-22-23-24-25-26-27-28-29-30-31-32-33-34-35-36-37-38-39-41-43-45-52(57)63-50(48-61-51(56)44-42-40-11-9-7-2)49-62-54(53(58)59)60-47-46-55(3,4)5/h8,10,13-14,16-17,19-20,22-23,50,54H,6-7,9,11-12,15,18,21,24-49H2,1-5H3/p+1/b10-8-,14-13-,17-16-,20-19-,23-22-. The summed E-state index contributed by atoms with van der Waals surface area (Å²) >= 11 is 0. The number of carbonyl (C=O) groups excluding carboxylic acids is 2. The van der Waals surface area contributed by atoms with Crippen LogP contribution in [0.25, 0.3) is 0 Å². The van der Waals surface area contributed by atoms with Gasteiger partial charge in [0.1, 0.15) is 13.2 Å². The van der Waals surface area contributed by atoms with Crippen LogP contribution in [0.1, 0.15) is 206 Å². The van der Waals surface area contributed by atoms with Gasteiger partial charge >= 0.3 is 17.9 Å². The Hall–Kier alpha value is -3.01. The van der Waals surface area contributed by atoms with Crippen molar-refractivity contribution in [3.05, 3.63) is 60.8 Å². The first-order valence-electron chi connectivity index (χ1n) is 25.5. The van der Waals surface area contributed by atoms with Gasteiger partial charge in [0.05, 0.1) is 34.4 Å². The molecule has 0 rings (SSSR count). The molecule has 2 atom stereocenters. The molecule has 0 fully saturated rings. The molecule has 0 heterocycles. The summed E-state index contributed by atoms with van der Waals surface area (Å²) < 4.78 is 22.6. The molecule has 0 spiro atoms. The van der Waals surface area contributed by atoms with Gasteiger partial charge < -0.3 is 28.5 Å². The van der Waals surface area contributed by atoms with Crippen LogP contribution < -0.4 is 0 Å². The van der Waals surface area contributed by atoms with E-state index in [9.17, 15) is 19.5 Å². The van der Waals surface area contributed by atoms with Crippen molar-refractivity contribution in [1.82, 2.24) is 0 Å². The van der Waals surface area contributed by atoms with Crippen molar-refractivity contribution < 1.29 is 42.9 Å². The first kappa shape index (κ1) is 60.0. The molecular weight excluding hydrogens is 791 g/mol. The first-order chi connectivity index (χ1) is 30.6. The molecule has 9 nitrogen and oxygen atoms in total. The van der Waals surface area contributed by atoms with Crippen LogP contribution in [0.3, 0.4) is 0 Å². The van der Waals surface area contributed by atoms with Crippen LogP contribution in [-0.4, -0.2) is 87.4 Å². The zero-order chi connectivity index (χ0) is 46.3. The molecular formula is C54H96NO8+. The average molecular weight is 887 g/mol. The lowest BCUT2D eigenvalue weighted by molar-refractivity contribution is -0.870. The monoisotopic (exact) mass is 887 g/mol. The molecule has 0 aliphatic rings. The minimum atomic E-state index is -1.51. The van der Waals surface area contributed by atoms with E-state index in [-0.39, 0.29) is 32.2 Å². The molecule has 2 unspecified atom stereocenters. The van der Waals surface area contributed by atoms with Crippen LogP contribution in [0.15, 0.2) is 60.8 Å². The Bertz CT molecular complexity index is 1220. The van der Waals surface area contributed by atoms with Gasteiger partial charge in [-0.1, -0.05) is 197 Å². The van der Waals surface area contributed by atoms with Crippen molar-refractivity contribution in [2.75, 3.05) is 47.5 Å². The Morgan fingerprint density at radius 2 is 0.905 bits per heavy atom. The summed E-state index contributed by atoms with van der Waals surface area (Å²) in [6, 6.07) is 0. The van der Waals surface area contributed by atoms with Crippen LogP contribution in [-0.2, 0) is 33.3 Å². The van der Waals surface area contributed by atoms with Crippen molar-refractivity contribution in [2.24, 2.45) is 0 Å². The molecule has 0 radical (unpaired) electrons. The molecule has 63 heavy (non-hydrogen) atoms. The number of hydrogen-bond donors (Lipinski definition) is 1. The maximum atomic E-state index is 12.7. The van der Waals surface area contributed by atoms with Gasteiger partial charge in [0.15, 0.2) is 6.10 Å². The summed E-state index contributed by atoms with van der Waals surface area (Å²) in [5.41, 5.74) is 0. The van der Waals surface area contributed by atoms with Gasteiger partial charge in [-0.25, -0.2) is 4.79 Å². The fourth-order valence-electron chi connectivity index (χ4n) is 6.86. The molecule has 0 aliphatic heterocycles. The van der Waals surface area contributed by atoms with E-state index < -0.39 is 24.3 Å². The number of ether oxygens (including phenoxy) is 4. The van der Waals surface area contributed by atoms with Crippen LogP contribution in [0.2, 0.25) is 0 Å². The molecule has 9 heteroatoms. The van der Waals surface area contributed by atoms with Gasteiger partial charge in [0.2, 0.25) is 0 Å². The maximum Gasteiger partial charge on any atom is 0.361 e. The second-order valence-corrected chi connectivity index (χ2v) is 18.1. The normalized spacial score (nSPS) is 13.3. The summed E-state index contributed by atoms with van der Waals surface area (Å²) in [5, 5.41) is 9.60. The SMILES string of the molecule is CC/C=C\C/C=C\C/C=C\C/C=C\C/C=C\CCCCCCCCCCCCCCCCCCCC(=O)OC(COC(=O)CCCCCCC)COC(OCC[N+](C)(C)C)C(=O)O. The van der Waals surface area contributed by atoms with Crippen molar-refractivity contribution in [3.63, 3.8) is 0 Å². The third-order valence-electron chi connectivity index (χ3n) is 10.8. The molecule has 0 amide bonds. The van der Waals surface area contributed by atoms with Crippen LogP contribution in [0.4, 0.5) is 0 Å². The highest BCUT2D eigenvalue weighted by Gasteiger charge is 2.25. The minimum absolute atomic E-state index is 0.182. The predicted octanol–water partition coefficient (Wildman–Crippen LogP) is 14.1. The topological polar surface area (TPSA) is 108 Å². The van der Waals surface area contributed by atoms with Crippen molar-refractivity contribution >= 4 is 17.9 Å². The summed E-state index contributed by atoms with van der Waals surface area (Å²) in [5.74, 6) is -2.02. The minimum Gasteiger partial charge on any atom is -0.477 e. The van der Waals surface area contributed by atoms with E-state index in [2.05, 4.69) is 74.6 Å². The highest BCUT2D eigenvalue weighted by atomic mass is 16.7. The molecule has 1 N–H and O–H groups in total. The second kappa shape index (κ2) is 45.6. The highest BCUT2D eigenvalue weighted by Crippen LogP contribution is 2.16. The number of carboxylic acid groups (broad SMARTS) is 1. The first-order valence-corrected chi connectivity index (χ1v) is 25.5. The Morgan fingerprint density at radius 3 is 1.35 bits per heavy atom. The Morgan fingerprint density at radius 1 is 0.492 bits per heavy atom. The Labute approximate surface area is 386 Å². The number of unbranched alkanes of at least 4 members (excludes halogenated alkanes) is 21. The fourth-order valence-corrected chi connectivity index (χ4v) is 6.86. The molecule has 364 valence electrons. The average Bonchev–Trinajstić information content (AvgIpc) is 3.24. The lowest BCUT2D eigenvalue weighted by atomic mass is 10.0. The zero-order valence-corrected chi connectivity index (χ0v) is 41.2. The number of allylic oxidation sites excluding steroid dienone is 10. The quantitative estimate of drug-likeness (QED) is 0.0212. The summed E-state index contributed by atoms with van der Waals surface area (Å²) in [6.07, 6.45) is 53.6. The molecule has 0 aromatic carbocycles. The Balaban J connectivity index is 3.94. The van der Waals surface area contributed by atoms with Crippen LogP contribution in [0, 0.1) is 0 Å². The van der Waals surface area contributed by atoms with Gasteiger partial charge in [-0.3, -0.25) is 9.59 Å². The van der Waals surface area contributed by atoms with E-state index in [4.69, 9.17) is 18.9 Å². The number of hydrogen-bond acceptors (Lipinski definition) is 7. The fraction of sp³-hybridized carbons (Fsp3) is 0.759. The van der Waals surface area contributed by atoms with Crippen LogP contribution in [0.5, 0.6) is 0 Å². The molecule has 0 saturated carbocycles. The van der Waals surface area contributed by atoms with Crippen molar-refractivity contribution in [2.45, 2.75) is 219 Å². The number of rotatable bonds is 46. The number of aliphatic carboxylic acids is 1. The summed E-state index contributed by atoms with van der Waals surface area (Å²) in [4.78, 5) is 36.8. The Kier molecular flexibility index (Phi) is 43.4. The third kappa shape index (κ3) is 46.8. The predicted molar refractivity (Wildman–Crippen MR) is 263 cm³/mol. The van der Waals surface area contributed by atoms with Crippen LogP contribution >= 0.6 is 0 Å². The number of nitrogens with zero attached hydrogens (tertiary/aromatic N) is 1. The third-order valence-corrected chi connectivity index (χ3v) is 10.8. The van der Waals surface area contributed by atoms with Gasteiger partial charge in [-0.2, -0.15) is 0 Å². The van der Waals surface area contributed by atoms with Gasteiger partial charge in [-0.05, 0) is 57.8 Å². The number of likely N-dealkylation sites (N-methyl/N-ethyl adjacent to an activating group) is 1. The van der Waals surface area contributed by atoms with E-state index in [0.29, 0.717) is 17.4 Å². The molecule has 0 aromatic rings. The van der Waals surface area contributed by atoms with Crippen molar-refractivity contribution in [1.29, 1.82) is 0 Å². The van der Waals surface area contributed by atoms with E-state index in [1.807, 2.05) is 21.1 Å². The lowest BCUT2D eigenvalue weighted by Gasteiger charge is -2.25. The largest absolute Gasteiger partial charge is 0.477 e. The molecule has 0 saturated heterocycles. The number of quaternary nitrogens is 1. The van der Waals surface area contributed by atoms with Gasteiger partial charge in [0.25, 0.3) is 6.29 Å². The highest BCUT2D eigenvalue weighted by molar-refractivity contribution is 5.71. The molecule has 0 aromatic heterocycles. The zero-order valence-electron chi connectivity index (χ0n) is 41.2. The number of carbonyl (C=O) groups is 3.